The Balaban J connectivity index is 2.20. The van der Waals surface area contributed by atoms with E-state index < -0.39 is 0 Å². The molecular weight excluding hydrogens is 244 g/mol. The third kappa shape index (κ3) is 3.83. The number of hydrogen-bond donors (Lipinski definition) is 0. The molecule has 0 saturated carbocycles. The van der Waals surface area contributed by atoms with E-state index in [0.717, 1.165) is 5.56 Å². The smallest absolute Gasteiger partial charge is 0.193 e. The highest BCUT2D eigenvalue weighted by Crippen LogP contribution is 2.13. The quantitative estimate of drug-likeness (QED) is 0.582. The highest BCUT2D eigenvalue weighted by Gasteiger charge is 2.08. The molecule has 0 unspecified atom stereocenters. The molecule has 0 aliphatic heterocycles. The average Bonchev–Trinajstić information content (AvgIpc) is 2.45. The first kappa shape index (κ1) is 14.1. The summed E-state index contributed by atoms with van der Waals surface area (Å²) in [5.74, 6) is 6.36. The lowest BCUT2D eigenvalue weighted by Crippen LogP contribution is -2.01. The summed E-state index contributed by atoms with van der Waals surface area (Å²) >= 11 is 0. The number of hydrogen-bond acceptors (Lipinski definition) is 1. The van der Waals surface area contributed by atoms with E-state index in [2.05, 4.69) is 32.6 Å². The summed E-state index contributed by atoms with van der Waals surface area (Å²) in [6, 6.07) is 16.8. The average molecular weight is 262 g/mol. The maximum absolute atomic E-state index is 12.2. The standard InChI is InChI=1S/C19H18O/c1-19(2,3)14-13-15-9-11-17(12-10-15)18(20)16-7-5-4-6-8-16/h4-12H,1-3H3. The summed E-state index contributed by atoms with van der Waals surface area (Å²) in [5.41, 5.74) is 2.32. The molecule has 2 rings (SSSR count). The highest BCUT2D eigenvalue weighted by atomic mass is 16.1. The number of ketones is 1. The van der Waals surface area contributed by atoms with Crippen LogP contribution in [0.2, 0.25) is 0 Å². The monoisotopic (exact) mass is 262 g/mol. The number of benzene rings is 2. The van der Waals surface area contributed by atoms with Crippen LogP contribution < -0.4 is 0 Å². The van der Waals surface area contributed by atoms with Crippen LogP contribution in [-0.2, 0) is 0 Å². The van der Waals surface area contributed by atoms with E-state index in [1.54, 1.807) is 0 Å². The van der Waals surface area contributed by atoms with Gasteiger partial charge in [-0.25, -0.2) is 0 Å². The molecule has 20 heavy (non-hydrogen) atoms. The SMILES string of the molecule is CC(C)(C)C#Cc1ccc(C(=O)c2ccccc2)cc1. The van der Waals surface area contributed by atoms with Crippen molar-refractivity contribution in [1.82, 2.24) is 0 Å². The van der Waals surface area contributed by atoms with Crippen LogP contribution in [-0.4, -0.2) is 5.78 Å². The molecule has 0 fully saturated rings. The molecule has 1 nitrogen and oxygen atoms in total. The highest BCUT2D eigenvalue weighted by molar-refractivity contribution is 6.08. The Morgan fingerprint density at radius 1 is 0.850 bits per heavy atom. The second-order valence-electron chi connectivity index (χ2n) is 5.77. The second kappa shape index (κ2) is 5.75. The van der Waals surface area contributed by atoms with Gasteiger partial charge in [0.25, 0.3) is 0 Å². The predicted octanol–water partition coefficient (Wildman–Crippen LogP) is 4.32. The van der Waals surface area contributed by atoms with Crippen LogP contribution in [0.15, 0.2) is 54.6 Å². The van der Waals surface area contributed by atoms with Crippen molar-refractivity contribution in [3.8, 4) is 11.8 Å². The molecule has 0 aliphatic rings. The molecular formula is C19H18O. The van der Waals surface area contributed by atoms with Gasteiger partial charge in [0.2, 0.25) is 0 Å². The zero-order valence-electron chi connectivity index (χ0n) is 12.1. The zero-order valence-corrected chi connectivity index (χ0v) is 12.1. The lowest BCUT2D eigenvalue weighted by atomic mass is 9.97. The molecule has 0 amide bonds. The summed E-state index contributed by atoms with van der Waals surface area (Å²) in [4.78, 5) is 12.2. The van der Waals surface area contributed by atoms with Gasteiger partial charge in [-0.15, -0.1) is 0 Å². The lowest BCUT2D eigenvalue weighted by Gasteiger charge is -2.06. The van der Waals surface area contributed by atoms with Crippen molar-refractivity contribution in [2.75, 3.05) is 0 Å². The fraction of sp³-hybridized carbons (Fsp3) is 0.211. The van der Waals surface area contributed by atoms with Crippen LogP contribution >= 0.6 is 0 Å². The molecule has 0 radical (unpaired) electrons. The minimum atomic E-state index is -0.0153. The molecule has 0 aliphatic carbocycles. The number of carbonyl (C=O) groups is 1. The molecule has 0 N–H and O–H groups in total. The van der Waals surface area contributed by atoms with Crippen LogP contribution in [0.4, 0.5) is 0 Å². The largest absolute Gasteiger partial charge is 0.289 e. The first-order chi connectivity index (χ1) is 9.46. The number of rotatable bonds is 2. The maximum atomic E-state index is 12.2. The summed E-state index contributed by atoms with van der Waals surface area (Å²) < 4.78 is 0. The molecule has 2 aromatic rings. The molecule has 0 bridgehead atoms. The van der Waals surface area contributed by atoms with Crippen LogP contribution in [0.5, 0.6) is 0 Å². The van der Waals surface area contributed by atoms with E-state index in [0.29, 0.717) is 11.1 Å². The van der Waals surface area contributed by atoms with Crippen LogP contribution in [0.1, 0.15) is 42.3 Å². The van der Waals surface area contributed by atoms with E-state index in [9.17, 15) is 4.79 Å². The van der Waals surface area contributed by atoms with Crippen molar-refractivity contribution in [3.63, 3.8) is 0 Å². The molecule has 0 heterocycles. The summed E-state index contributed by atoms with van der Waals surface area (Å²) in [5, 5.41) is 0. The Hall–Kier alpha value is -2.33. The molecule has 2 aromatic carbocycles. The minimum Gasteiger partial charge on any atom is -0.289 e. The first-order valence-electron chi connectivity index (χ1n) is 6.69. The fourth-order valence-electron chi connectivity index (χ4n) is 1.72. The van der Waals surface area contributed by atoms with Crippen LogP contribution in [0.3, 0.4) is 0 Å². The maximum Gasteiger partial charge on any atom is 0.193 e. The summed E-state index contributed by atoms with van der Waals surface area (Å²) in [7, 11) is 0. The van der Waals surface area contributed by atoms with E-state index >= 15 is 0 Å². The van der Waals surface area contributed by atoms with Crippen molar-refractivity contribution in [1.29, 1.82) is 0 Å². The zero-order chi connectivity index (χ0) is 14.6. The Labute approximate surface area is 120 Å². The van der Waals surface area contributed by atoms with Crippen molar-refractivity contribution >= 4 is 5.78 Å². The predicted molar refractivity (Wildman–Crippen MR) is 82.6 cm³/mol. The molecule has 0 saturated heterocycles. The molecule has 0 aromatic heterocycles. The topological polar surface area (TPSA) is 17.1 Å². The van der Waals surface area contributed by atoms with E-state index in [4.69, 9.17) is 0 Å². The fourth-order valence-corrected chi connectivity index (χ4v) is 1.72. The van der Waals surface area contributed by atoms with Gasteiger partial charge in [-0.3, -0.25) is 4.79 Å². The normalized spacial score (nSPS) is 10.6. The first-order valence-corrected chi connectivity index (χ1v) is 6.69. The Kier molecular flexibility index (Phi) is 4.05. The van der Waals surface area contributed by atoms with Crippen LogP contribution in [0, 0.1) is 17.3 Å². The van der Waals surface area contributed by atoms with Gasteiger partial charge in [0.1, 0.15) is 0 Å². The van der Waals surface area contributed by atoms with E-state index in [1.165, 1.54) is 0 Å². The van der Waals surface area contributed by atoms with Crippen molar-refractivity contribution in [2.24, 2.45) is 5.41 Å². The van der Waals surface area contributed by atoms with Crippen molar-refractivity contribution in [3.05, 3.63) is 71.3 Å². The second-order valence-corrected chi connectivity index (χ2v) is 5.77. The molecule has 1 heteroatoms. The third-order valence-electron chi connectivity index (χ3n) is 2.76. The van der Waals surface area contributed by atoms with Crippen molar-refractivity contribution < 1.29 is 4.79 Å². The van der Waals surface area contributed by atoms with E-state index in [1.807, 2.05) is 54.6 Å². The van der Waals surface area contributed by atoms with Gasteiger partial charge in [-0.05, 0) is 45.0 Å². The Bertz CT molecular complexity index is 647. The van der Waals surface area contributed by atoms with Gasteiger partial charge in [-0.1, -0.05) is 42.2 Å². The summed E-state index contributed by atoms with van der Waals surface area (Å²) in [6.07, 6.45) is 0. The minimum absolute atomic E-state index is 0.0153. The van der Waals surface area contributed by atoms with Gasteiger partial charge in [0, 0.05) is 22.1 Å². The van der Waals surface area contributed by atoms with Crippen LogP contribution in [0.25, 0.3) is 0 Å². The molecule has 0 atom stereocenters. The third-order valence-corrected chi connectivity index (χ3v) is 2.76. The van der Waals surface area contributed by atoms with Gasteiger partial charge < -0.3 is 0 Å². The summed E-state index contributed by atoms with van der Waals surface area (Å²) in [6.45, 7) is 6.23. The van der Waals surface area contributed by atoms with Gasteiger partial charge in [0.15, 0.2) is 5.78 Å². The Morgan fingerprint density at radius 2 is 1.40 bits per heavy atom. The Morgan fingerprint density at radius 3 is 1.95 bits per heavy atom. The van der Waals surface area contributed by atoms with Gasteiger partial charge in [-0.2, -0.15) is 0 Å². The number of carbonyl (C=O) groups excluding carboxylic acids is 1. The molecule has 0 spiro atoms. The van der Waals surface area contributed by atoms with E-state index in [-0.39, 0.29) is 11.2 Å². The molecule has 100 valence electrons. The van der Waals surface area contributed by atoms with Gasteiger partial charge >= 0.3 is 0 Å². The van der Waals surface area contributed by atoms with Gasteiger partial charge in [0.05, 0.1) is 0 Å². The van der Waals surface area contributed by atoms with Crippen molar-refractivity contribution in [2.45, 2.75) is 20.8 Å². The lowest BCUT2D eigenvalue weighted by molar-refractivity contribution is 0.103.